The summed E-state index contributed by atoms with van der Waals surface area (Å²) >= 11 is 0. The fraction of sp³-hybridized carbons (Fsp3) is 0.385. The summed E-state index contributed by atoms with van der Waals surface area (Å²) in [6, 6.07) is 4.33. The third-order valence-corrected chi connectivity index (χ3v) is 2.84. The maximum atomic E-state index is 11.4. The molecule has 0 N–H and O–H groups in total. The summed E-state index contributed by atoms with van der Waals surface area (Å²) in [4.78, 5) is 34.5. The number of ether oxygens (including phenoxy) is 2. The number of nitro benzene ring substituents is 1. The van der Waals surface area contributed by atoms with E-state index in [1.807, 2.05) is 0 Å². The van der Waals surface area contributed by atoms with Gasteiger partial charge in [0.05, 0.1) is 19.1 Å². The Morgan fingerprint density at radius 3 is 2.10 bits per heavy atom. The number of nitrogens with zero attached hydrogens (tertiary/aromatic N) is 2. The fourth-order valence-corrected chi connectivity index (χ4v) is 1.72. The lowest BCUT2D eigenvalue weighted by atomic mass is 10.1. The van der Waals surface area contributed by atoms with Gasteiger partial charge in [-0.1, -0.05) is 0 Å². The summed E-state index contributed by atoms with van der Waals surface area (Å²) in [6.45, 7) is 1.25. The predicted octanol–water partition coefficient (Wildman–Crippen LogP) is 1.06. The largest absolute Gasteiger partial charge is 0.468 e. The highest BCUT2D eigenvalue weighted by atomic mass is 16.6. The van der Waals surface area contributed by atoms with Crippen LogP contribution in [-0.4, -0.2) is 44.2 Å². The molecule has 1 rings (SSSR count). The highest BCUT2D eigenvalue weighted by Crippen LogP contribution is 2.24. The van der Waals surface area contributed by atoms with Crippen LogP contribution in [0.3, 0.4) is 0 Å². The molecule has 21 heavy (non-hydrogen) atoms. The minimum atomic E-state index is -0.532. The van der Waals surface area contributed by atoms with Gasteiger partial charge in [-0.2, -0.15) is 0 Å². The molecule has 0 unspecified atom stereocenters. The second-order valence-electron chi connectivity index (χ2n) is 4.24. The van der Waals surface area contributed by atoms with Gasteiger partial charge in [-0.25, -0.2) is 0 Å². The van der Waals surface area contributed by atoms with Gasteiger partial charge in [-0.15, -0.1) is 0 Å². The van der Waals surface area contributed by atoms with Crippen LogP contribution in [0.1, 0.15) is 5.56 Å². The number of nitro groups is 1. The van der Waals surface area contributed by atoms with Gasteiger partial charge in [0.2, 0.25) is 0 Å². The molecule has 0 heterocycles. The van der Waals surface area contributed by atoms with Gasteiger partial charge in [0, 0.05) is 17.3 Å². The number of hydrogen-bond donors (Lipinski definition) is 0. The first kappa shape index (κ1) is 16.4. The van der Waals surface area contributed by atoms with Crippen LogP contribution >= 0.6 is 0 Å². The van der Waals surface area contributed by atoms with Crippen molar-refractivity contribution >= 4 is 23.3 Å². The van der Waals surface area contributed by atoms with Gasteiger partial charge < -0.3 is 14.4 Å². The predicted molar refractivity (Wildman–Crippen MR) is 74.1 cm³/mol. The highest BCUT2D eigenvalue weighted by molar-refractivity contribution is 5.81. The maximum Gasteiger partial charge on any atom is 0.325 e. The van der Waals surface area contributed by atoms with E-state index in [-0.39, 0.29) is 18.8 Å². The van der Waals surface area contributed by atoms with E-state index in [1.165, 1.54) is 37.3 Å². The van der Waals surface area contributed by atoms with Gasteiger partial charge in [-0.3, -0.25) is 19.7 Å². The molecule has 8 nitrogen and oxygen atoms in total. The Hall–Kier alpha value is -2.64. The molecular weight excluding hydrogens is 280 g/mol. The monoisotopic (exact) mass is 296 g/mol. The first-order valence-corrected chi connectivity index (χ1v) is 6.02. The van der Waals surface area contributed by atoms with Crippen molar-refractivity contribution in [3.8, 4) is 0 Å². The molecule has 0 bridgehead atoms. The SMILES string of the molecule is COC(=O)CN(CC(=O)OC)c1ccc([N+](=O)[O-])c(C)c1. The van der Waals surface area contributed by atoms with E-state index in [1.54, 1.807) is 6.92 Å². The molecule has 1 aromatic rings. The topological polar surface area (TPSA) is 99.0 Å². The number of aryl methyl sites for hydroxylation is 1. The zero-order chi connectivity index (χ0) is 16.0. The van der Waals surface area contributed by atoms with Gasteiger partial charge in [0.1, 0.15) is 13.1 Å². The minimum Gasteiger partial charge on any atom is -0.468 e. The van der Waals surface area contributed by atoms with Crippen molar-refractivity contribution in [2.75, 3.05) is 32.2 Å². The first-order chi connectivity index (χ1) is 9.88. The van der Waals surface area contributed by atoms with Crippen LogP contribution in [0.15, 0.2) is 18.2 Å². The maximum absolute atomic E-state index is 11.4. The quantitative estimate of drug-likeness (QED) is 0.439. The Balaban J connectivity index is 3.07. The lowest BCUT2D eigenvalue weighted by molar-refractivity contribution is -0.385. The number of esters is 2. The Labute approximate surface area is 121 Å². The third-order valence-electron chi connectivity index (χ3n) is 2.84. The highest BCUT2D eigenvalue weighted by Gasteiger charge is 2.18. The van der Waals surface area contributed by atoms with Crippen molar-refractivity contribution < 1.29 is 24.0 Å². The molecule has 0 aliphatic carbocycles. The number of carbonyl (C=O) groups excluding carboxylic acids is 2. The van der Waals surface area contributed by atoms with Crippen LogP contribution in [0.5, 0.6) is 0 Å². The van der Waals surface area contributed by atoms with Crippen LogP contribution in [0.4, 0.5) is 11.4 Å². The van der Waals surface area contributed by atoms with E-state index >= 15 is 0 Å². The van der Waals surface area contributed by atoms with Crippen molar-refractivity contribution in [3.63, 3.8) is 0 Å². The molecule has 8 heteroatoms. The van der Waals surface area contributed by atoms with Crippen LogP contribution < -0.4 is 4.90 Å². The smallest absolute Gasteiger partial charge is 0.325 e. The summed E-state index contributed by atoms with van der Waals surface area (Å²) < 4.78 is 9.14. The number of anilines is 1. The van der Waals surface area contributed by atoms with E-state index in [9.17, 15) is 19.7 Å². The molecule has 114 valence electrons. The van der Waals surface area contributed by atoms with Crippen molar-refractivity contribution in [1.82, 2.24) is 0 Å². The number of methoxy groups -OCH3 is 2. The van der Waals surface area contributed by atoms with Crippen molar-refractivity contribution in [1.29, 1.82) is 0 Å². The second kappa shape index (κ2) is 7.22. The summed E-state index contributed by atoms with van der Waals surface area (Å²) in [7, 11) is 2.47. The Morgan fingerprint density at radius 2 is 1.71 bits per heavy atom. The van der Waals surface area contributed by atoms with E-state index in [2.05, 4.69) is 9.47 Å². The van der Waals surface area contributed by atoms with Gasteiger partial charge in [0.15, 0.2) is 0 Å². The molecule has 0 atom stereocenters. The molecule has 0 saturated heterocycles. The first-order valence-electron chi connectivity index (χ1n) is 6.02. The zero-order valence-electron chi connectivity index (χ0n) is 12.0. The Bertz CT molecular complexity index is 540. The van der Waals surface area contributed by atoms with Gasteiger partial charge in [0.25, 0.3) is 5.69 Å². The van der Waals surface area contributed by atoms with Gasteiger partial charge >= 0.3 is 11.9 Å². The van der Waals surface area contributed by atoms with Crippen LogP contribution in [0.2, 0.25) is 0 Å². The summed E-state index contributed by atoms with van der Waals surface area (Å²) in [5, 5.41) is 10.8. The third kappa shape index (κ3) is 4.44. The molecule has 0 aromatic heterocycles. The van der Waals surface area contributed by atoms with E-state index in [4.69, 9.17) is 0 Å². The lowest BCUT2D eigenvalue weighted by Crippen LogP contribution is -2.35. The molecule has 0 radical (unpaired) electrons. The Kier molecular flexibility index (Phi) is 5.65. The van der Waals surface area contributed by atoms with Crippen LogP contribution in [0, 0.1) is 17.0 Å². The summed E-state index contributed by atoms with van der Waals surface area (Å²) in [6.07, 6.45) is 0. The summed E-state index contributed by atoms with van der Waals surface area (Å²) in [5.74, 6) is -1.06. The summed E-state index contributed by atoms with van der Waals surface area (Å²) in [5.41, 5.74) is 0.890. The van der Waals surface area contributed by atoms with Crippen molar-refractivity contribution in [2.45, 2.75) is 6.92 Å². The molecule has 0 amide bonds. The van der Waals surface area contributed by atoms with E-state index in [0.29, 0.717) is 11.3 Å². The van der Waals surface area contributed by atoms with Crippen molar-refractivity contribution in [2.24, 2.45) is 0 Å². The van der Waals surface area contributed by atoms with Crippen LogP contribution in [-0.2, 0) is 19.1 Å². The number of carbonyl (C=O) groups is 2. The van der Waals surface area contributed by atoms with E-state index < -0.39 is 16.9 Å². The number of hydrogen-bond acceptors (Lipinski definition) is 7. The molecular formula is C13H16N2O6. The normalized spacial score (nSPS) is 9.86. The second-order valence-corrected chi connectivity index (χ2v) is 4.24. The molecule has 0 spiro atoms. The minimum absolute atomic E-state index is 0.0326. The van der Waals surface area contributed by atoms with Crippen molar-refractivity contribution in [3.05, 3.63) is 33.9 Å². The fourth-order valence-electron chi connectivity index (χ4n) is 1.72. The van der Waals surface area contributed by atoms with E-state index in [0.717, 1.165) is 0 Å². The van der Waals surface area contributed by atoms with Gasteiger partial charge in [-0.05, 0) is 19.1 Å². The molecule has 1 aromatic carbocycles. The average Bonchev–Trinajstić information content (AvgIpc) is 2.45. The molecule has 0 aliphatic rings. The molecule has 0 fully saturated rings. The standard InChI is InChI=1S/C13H16N2O6/c1-9-6-10(4-5-11(9)15(18)19)14(7-12(16)20-2)8-13(17)21-3/h4-6H,7-8H2,1-3H3. The lowest BCUT2D eigenvalue weighted by Gasteiger charge is -2.22. The number of benzene rings is 1. The number of rotatable bonds is 6. The molecule has 0 aliphatic heterocycles. The average molecular weight is 296 g/mol. The molecule has 0 saturated carbocycles. The zero-order valence-corrected chi connectivity index (χ0v) is 12.0. The Morgan fingerprint density at radius 1 is 1.19 bits per heavy atom. The van der Waals surface area contributed by atoms with Crippen LogP contribution in [0.25, 0.3) is 0 Å².